The monoisotopic (exact) mass is 250 g/mol. The van der Waals surface area contributed by atoms with Gasteiger partial charge in [-0.3, -0.25) is 4.79 Å². The summed E-state index contributed by atoms with van der Waals surface area (Å²) in [7, 11) is 0. The molecule has 0 saturated carbocycles. The first-order valence-electron chi connectivity index (χ1n) is 6.12. The molecule has 4 N–H and O–H groups in total. The number of nitrogen functional groups attached to an aromatic ring is 1. The number of ether oxygens (including phenoxy) is 1. The summed E-state index contributed by atoms with van der Waals surface area (Å²) in [5, 5.41) is 2.85. The van der Waals surface area contributed by atoms with Crippen LogP contribution in [0.3, 0.4) is 0 Å². The summed E-state index contributed by atoms with van der Waals surface area (Å²) in [4.78, 5) is 15.8. The average molecular weight is 250 g/mol. The molecule has 0 radical (unpaired) electrons. The zero-order valence-electron chi connectivity index (χ0n) is 10.2. The van der Waals surface area contributed by atoms with Crippen LogP contribution in [0.15, 0.2) is 18.3 Å². The van der Waals surface area contributed by atoms with Crippen molar-refractivity contribution in [3.63, 3.8) is 0 Å². The number of pyridine rings is 1. The van der Waals surface area contributed by atoms with Crippen molar-refractivity contribution in [3.05, 3.63) is 23.9 Å². The third-order valence-electron chi connectivity index (χ3n) is 2.94. The van der Waals surface area contributed by atoms with Gasteiger partial charge in [-0.1, -0.05) is 0 Å². The second kappa shape index (κ2) is 6.32. The number of hydrazine groups is 1. The lowest BCUT2D eigenvalue weighted by Gasteiger charge is -2.22. The van der Waals surface area contributed by atoms with Crippen LogP contribution in [0.25, 0.3) is 0 Å². The maximum absolute atomic E-state index is 11.8. The van der Waals surface area contributed by atoms with Gasteiger partial charge in [-0.15, -0.1) is 0 Å². The standard InChI is InChI=1S/C12H18N4O2/c13-16-11-5-4-9(7-14-11)12(17)15-8-10-3-1-2-6-18-10/h4-5,7,10H,1-3,6,8,13H2,(H,14,16)(H,15,17). The molecule has 1 aliphatic rings. The maximum Gasteiger partial charge on any atom is 0.252 e. The van der Waals surface area contributed by atoms with Crippen LogP contribution in [0.1, 0.15) is 29.6 Å². The molecule has 1 aromatic rings. The minimum Gasteiger partial charge on any atom is -0.376 e. The number of carbonyl (C=O) groups excluding carboxylic acids is 1. The Labute approximate surface area is 106 Å². The van der Waals surface area contributed by atoms with Gasteiger partial charge in [0.15, 0.2) is 0 Å². The molecule has 1 saturated heterocycles. The number of nitrogens with two attached hydrogens (primary N) is 1. The average Bonchev–Trinajstić information content (AvgIpc) is 2.46. The predicted octanol–water partition coefficient (Wildman–Crippen LogP) is 0.666. The molecule has 1 fully saturated rings. The second-order valence-corrected chi connectivity index (χ2v) is 4.28. The van der Waals surface area contributed by atoms with Crippen LogP contribution in [0, 0.1) is 0 Å². The minimum absolute atomic E-state index is 0.139. The molecule has 98 valence electrons. The van der Waals surface area contributed by atoms with Crippen molar-refractivity contribution in [2.75, 3.05) is 18.6 Å². The molecule has 1 amide bonds. The highest BCUT2D eigenvalue weighted by molar-refractivity contribution is 5.94. The van der Waals surface area contributed by atoms with Crippen LogP contribution in [-0.4, -0.2) is 30.1 Å². The van der Waals surface area contributed by atoms with Gasteiger partial charge in [-0.05, 0) is 31.4 Å². The molecule has 0 bridgehead atoms. The summed E-state index contributed by atoms with van der Waals surface area (Å²) in [5.74, 6) is 5.59. The first-order valence-corrected chi connectivity index (χ1v) is 6.12. The van der Waals surface area contributed by atoms with Gasteiger partial charge in [-0.2, -0.15) is 0 Å². The van der Waals surface area contributed by atoms with Gasteiger partial charge in [0.25, 0.3) is 5.91 Å². The Hall–Kier alpha value is -1.66. The lowest BCUT2D eigenvalue weighted by Crippen LogP contribution is -2.35. The van der Waals surface area contributed by atoms with Gasteiger partial charge in [0, 0.05) is 19.3 Å². The Bertz CT molecular complexity index is 388. The molecule has 0 aliphatic carbocycles. The van der Waals surface area contributed by atoms with Crippen LogP contribution in [0.5, 0.6) is 0 Å². The number of aromatic nitrogens is 1. The van der Waals surface area contributed by atoms with Crippen molar-refractivity contribution in [2.24, 2.45) is 5.84 Å². The Morgan fingerprint density at radius 1 is 1.50 bits per heavy atom. The van der Waals surface area contributed by atoms with Gasteiger partial charge >= 0.3 is 0 Å². The van der Waals surface area contributed by atoms with Crippen molar-refractivity contribution >= 4 is 11.7 Å². The zero-order valence-corrected chi connectivity index (χ0v) is 10.2. The number of hydrogen-bond acceptors (Lipinski definition) is 5. The fourth-order valence-corrected chi connectivity index (χ4v) is 1.89. The van der Waals surface area contributed by atoms with E-state index in [0.717, 1.165) is 19.4 Å². The quantitative estimate of drug-likeness (QED) is 0.540. The molecular formula is C12H18N4O2. The minimum atomic E-state index is -0.139. The van der Waals surface area contributed by atoms with Crippen molar-refractivity contribution in [3.8, 4) is 0 Å². The Kier molecular flexibility index (Phi) is 4.49. The van der Waals surface area contributed by atoms with E-state index in [9.17, 15) is 4.79 Å². The molecule has 2 heterocycles. The van der Waals surface area contributed by atoms with Gasteiger partial charge < -0.3 is 15.5 Å². The summed E-state index contributed by atoms with van der Waals surface area (Å²) in [6.45, 7) is 1.34. The van der Waals surface area contributed by atoms with E-state index in [1.54, 1.807) is 12.1 Å². The van der Waals surface area contributed by atoms with Crippen LogP contribution in [0.2, 0.25) is 0 Å². The number of rotatable bonds is 4. The van der Waals surface area contributed by atoms with Crippen molar-refractivity contribution in [2.45, 2.75) is 25.4 Å². The van der Waals surface area contributed by atoms with Gasteiger partial charge in [0.2, 0.25) is 0 Å². The third-order valence-corrected chi connectivity index (χ3v) is 2.94. The number of carbonyl (C=O) groups is 1. The largest absolute Gasteiger partial charge is 0.376 e. The van der Waals surface area contributed by atoms with E-state index in [2.05, 4.69) is 15.7 Å². The van der Waals surface area contributed by atoms with E-state index in [-0.39, 0.29) is 12.0 Å². The Balaban J connectivity index is 1.82. The van der Waals surface area contributed by atoms with Crippen LogP contribution < -0.4 is 16.6 Å². The molecule has 1 atom stereocenters. The van der Waals surface area contributed by atoms with Gasteiger partial charge in [0.1, 0.15) is 5.82 Å². The van der Waals surface area contributed by atoms with E-state index in [4.69, 9.17) is 10.6 Å². The lowest BCUT2D eigenvalue weighted by atomic mass is 10.1. The van der Waals surface area contributed by atoms with E-state index < -0.39 is 0 Å². The number of nitrogens with one attached hydrogen (secondary N) is 2. The summed E-state index contributed by atoms with van der Waals surface area (Å²) in [5.41, 5.74) is 2.93. The SMILES string of the molecule is NNc1ccc(C(=O)NCC2CCCCO2)cn1. The van der Waals surface area contributed by atoms with Crippen LogP contribution in [-0.2, 0) is 4.74 Å². The topological polar surface area (TPSA) is 89.3 Å². The number of anilines is 1. The van der Waals surface area contributed by atoms with E-state index >= 15 is 0 Å². The number of amides is 1. The van der Waals surface area contributed by atoms with Gasteiger partial charge in [-0.25, -0.2) is 10.8 Å². The molecule has 1 aromatic heterocycles. The summed E-state index contributed by atoms with van der Waals surface area (Å²) in [6.07, 6.45) is 4.92. The maximum atomic E-state index is 11.8. The molecular weight excluding hydrogens is 232 g/mol. The summed E-state index contributed by atoms with van der Waals surface area (Å²) < 4.78 is 5.54. The molecule has 6 heteroatoms. The van der Waals surface area contributed by atoms with Gasteiger partial charge in [0.05, 0.1) is 11.7 Å². The second-order valence-electron chi connectivity index (χ2n) is 4.28. The summed E-state index contributed by atoms with van der Waals surface area (Å²) >= 11 is 0. The number of hydrogen-bond donors (Lipinski definition) is 3. The lowest BCUT2D eigenvalue weighted by molar-refractivity contribution is 0.0169. The third kappa shape index (κ3) is 3.41. The van der Waals surface area contributed by atoms with Crippen molar-refractivity contribution < 1.29 is 9.53 Å². The van der Waals surface area contributed by atoms with Crippen LogP contribution >= 0.6 is 0 Å². The first-order chi connectivity index (χ1) is 8.79. The Morgan fingerprint density at radius 2 is 2.39 bits per heavy atom. The zero-order chi connectivity index (χ0) is 12.8. The first kappa shape index (κ1) is 12.8. The highest BCUT2D eigenvalue weighted by Crippen LogP contribution is 2.12. The fraction of sp³-hybridized carbons (Fsp3) is 0.500. The van der Waals surface area contributed by atoms with E-state index in [1.807, 2.05) is 0 Å². The molecule has 6 nitrogen and oxygen atoms in total. The van der Waals surface area contributed by atoms with Crippen molar-refractivity contribution in [1.29, 1.82) is 0 Å². The number of nitrogens with zero attached hydrogens (tertiary/aromatic N) is 1. The highest BCUT2D eigenvalue weighted by Gasteiger charge is 2.15. The smallest absolute Gasteiger partial charge is 0.252 e. The molecule has 1 aliphatic heterocycles. The molecule has 0 aromatic carbocycles. The molecule has 0 spiro atoms. The molecule has 1 unspecified atom stereocenters. The summed E-state index contributed by atoms with van der Waals surface area (Å²) in [6, 6.07) is 3.34. The predicted molar refractivity (Wildman–Crippen MR) is 68.0 cm³/mol. The van der Waals surface area contributed by atoms with Crippen LogP contribution in [0.4, 0.5) is 5.82 Å². The molecule has 18 heavy (non-hydrogen) atoms. The van der Waals surface area contributed by atoms with Crippen molar-refractivity contribution in [1.82, 2.24) is 10.3 Å². The highest BCUT2D eigenvalue weighted by atomic mass is 16.5. The normalized spacial score (nSPS) is 19.3. The fourth-order valence-electron chi connectivity index (χ4n) is 1.89. The molecule has 2 rings (SSSR count). The Morgan fingerprint density at radius 3 is 3.00 bits per heavy atom. The van der Waals surface area contributed by atoms with E-state index in [1.165, 1.54) is 12.6 Å². The van der Waals surface area contributed by atoms with E-state index in [0.29, 0.717) is 17.9 Å².